The van der Waals surface area contributed by atoms with Gasteiger partial charge in [0.05, 0.1) is 38.0 Å². The number of hydrogen-bond acceptors (Lipinski definition) is 10. The lowest BCUT2D eigenvalue weighted by molar-refractivity contribution is 0.0583. The van der Waals surface area contributed by atoms with Gasteiger partial charge in [-0.25, -0.2) is 24.5 Å². The van der Waals surface area contributed by atoms with Crippen LogP contribution in [0.5, 0.6) is 0 Å². The van der Waals surface area contributed by atoms with E-state index in [9.17, 15) is 9.59 Å². The lowest BCUT2D eigenvalue weighted by atomic mass is 10.3. The van der Waals surface area contributed by atoms with Gasteiger partial charge in [0.15, 0.2) is 22.8 Å². The van der Waals surface area contributed by atoms with Gasteiger partial charge in [0.1, 0.15) is 12.1 Å². The highest BCUT2D eigenvalue weighted by Crippen LogP contribution is 2.04. The molecule has 10 nitrogen and oxygen atoms in total. The Morgan fingerprint density at radius 2 is 1.35 bits per heavy atom. The molecule has 0 aromatic carbocycles. The SMILES string of the molecule is COC(=O)c1nc(C#N)cnc1C.COC(=O)c1ncc(C#N)nc1C. The molecule has 0 spiro atoms. The number of nitrogens with zero attached hydrogens (tertiary/aromatic N) is 6. The van der Waals surface area contributed by atoms with Gasteiger partial charge in [-0.3, -0.25) is 4.98 Å². The molecule has 2 aromatic rings. The monoisotopic (exact) mass is 354 g/mol. The molecule has 0 unspecified atom stereocenters. The largest absolute Gasteiger partial charge is 0.464 e. The van der Waals surface area contributed by atoms with Crippen LogP contribution in [-0.4, -0.2) is 46.1 Å². The summed E-state index contributed by atoms with van der Waals surface area (Å²) >= 11 is 0. The van der Waals surface area contributed by atoms with Crippen molar-refractivity contribution in [2.24, 2.45) is 0 Å². The van der Waals surface area contributed by atoms with E-state index < -0.39 is 11.9 Å². The molecule has 0 aliphatic carbocycles. The molecule has 0 bridgehead atoms. The summed E-state index contributed by atoms with van der Waals surface area (Å²) in [5.74, 6) is -1.13. The van der Waals surface area contributed by atoms with E-state index in [0.717, 1.165) is 0 Å². The zero-order valence-corrected chi connectivity index (χ0v) is 14.5. The lowest BCUT2D eigenvalue weighted by Gasteiger charge is -2.00. The van der Waals surface area contributed by atoms with Gasteiger partial charge in [-0.1, -0.05) is 0 Å². The summed E-state index contributed by atoms with van der Waals surface area (Å²) in [6, 6.07) is 3.62. The Morgan fingerprint density at radius 1 is 0.846 bits per heavy atom. The maximum atomic E-state index is 11.1. The van der Waals surface area contributed by atoms with Crippen LogP contribution in [0, 0.1) is 36.5 Å². The summed E-state index contributed by atoms with van der Waals surface area (Å²) in [5.41, 5.74) is 1.36. The van der Waals surface area contributed by atoms with Crippen LogP contribution in [0.2, 0.25) is 0 Å². The van der Waals surface area contributed by atoms with E-state index in [-0.39, 0.29) is 22.8 Å². The van der Waals surface area contributed by atoms with Gasteiger partial charge >= 0.3 is 11.9 Å². The molecule has 2 aromatic heterocycles. The second kappa shape index (κ2) is 9.39. The van der Waals surface area contributed by atoms with Crippen molar-refractivity contribution < 1.29 is 19.1 Å². The van der Waals surface area contributed by atoms with Gasteiger partial charge in [-0.15, -0.1) is 0 Å². The Bertz CT molecular complexity index is 914. The zero-order valence-electron chi connectivity index (χ0n) is 14.5. The smallest absolute Gasteiger partial charge is 0.358 e. The number of rotatable bonds is 2. The molecule has 0 saturated heterocycles. The quantitative estimate of drug-likeness (QED) is 0.710. The molecule has 0 radical (unpaired) electrons. The minimum absolute atomic E-state index is 0.0848. The van der Waals surface area contributed by atoms with Crippen LogP contribution in [0.1, 0.15) is 43.8 Å². The van der Waals surface area contributed by atoms with Crippen LogP contribution in [-0.2, 0) is 9.47 Å². The summed E-state index contributed by atoms with van der Waals surface area (Å²) in [7, 11) is 2.52. The number of nitriles is 2. The number of methoxy groups -OCH3 is 2. The molecule has 2 heterocycles. The third kappa shape index (κ3) is 5.04. The van der Waals surface area contributed by atoms with Crippen molar-refractivity contribution in [2.45, 2.75) is 13.8 Å². The molecule has 0 saturated carbocycles. The second-order valence-electron chi connectivity index (χ2n) is 4.59. The molecule has 132 valence electrons. The van der Waals surface area contributed by atoms with Gasteiger partial charge < -0.3 is 9.47 Å². The zero-order chi connectivity index (χ0) is 19.7. The first-order valence-corrected chi connectivity index (χ1v) is 7.02. The number of carbonyl (C=O) groups is 2. The minimum Gasteiger partial charge on any atom is -0.464 e. The Balaban J connectivity index is 0.000000260. The van der Waals surface area contributed by atoms with Gasteiger partial charge in [0.25, 0.3) is 0 Å². The van der Waals surface area contributed by atoms with Gasteiger partial charge in [-0.05, 0) is 13.8 Å². The van der Waals surface area contributed by atoms with E-state index in [4.69, 9.17) is 10.5 Å². The molecule has 26 heavy (non-hydrogen) atoms. The highest BCUT2D eigenvalue weighted by molar-refractivity contribution is 5.88. The predicted octanol–water partition coefficient (Wildman–Crippen LogP) is 0.887. The minimum atomic E-state index is -0.581. The van der Waals surface area contributed by atoms with Gasteiger partial charge in [0.2, 0.25) is 0 Å². The maximum Gasteiger partial charge on any atom is 0.358 e. The molecule has 2 rings (SSSR count). The summed E-state index contributed by atoms with van der Waals surface area (Å²) in [6.07, 6.45) is 2.54. The first-order valence-electron chi connectivity index (χ1n) is 7.02. The van der Waals surface area contributed by atoms with E-state index in [2.05, 4.69) is 29.4 Å². The van der Waals surface area contributed by atoms with E-state index in [1.54, 1.807) is 19.9 Å². The molecular weight excluding hydrogens is 340 g/mol. The first-order chi connectivity index (χ1) is 12.4. The highest BCUT2D eigenvalue weighted by atomic mass is 16.5. The third-order valence-electron chi connectivity index (χ3n) is 2.89. The fraction of sp³-hybridized carbons (Fsp3) is 0.250. The Morgan fingerprint density at radius 3 is 1.85 bits per heavy atom. The van der Waals surface area contributed by atoms with Crippen molar-refractivity contribution in [3.63, 3.8) is 0 Å². The Hall–Kier alpha value is -3.92. The Labute approximate surface area is 149 Å². The van der Waals surface area contributed by atoms with E-state index in [1.165, 1.54) is 26.6 Å². The van der Waals surface area contributed by atoms with Crippen molar-refractivity contribution in [1.82, 2.24) is 19.9 Å². The Kier molecular flexibility index (Phi) is 7.27. The second-order valence-corrected chi connectivity index (χ2v) is 4.59. The number of esters is 2. The summed E-state index contributed by atoms with van der Waals surface area (Å²) < 4.78 is 8.93. The van der Waals surface area contributed by atoms with Crippen molar-refractivity contribution in [3.8, 4) is 12.1 Å². The number of hydrogen-bond donors (Lipinski definition) is 0. The molecule has 0 aliphatic heterocycles. The molecule has 0 atom stereocenters. The van der Waals surface area contributed by atoms with Crippen LogP contribution in [0.25, 0.3) is 0 Å². The summed E-state index contributed by atoms with van der Waals surface area (Å²) in [6.45, 7) is 3.22. The van der Waals surface area contributed by atoms with Crippen LogP contribution in [0.15, 0.2) is 12.4 Å². The van der Waals surface area contributed by atoms with E-state index in [1.807, 2.05) is 6.07 Å². The third-order valence-corrected chi connectivity index (χ3v) is 2.89. The molecule has 0 amide bonds. The average molecular weight is 354 g/mol. The summed E-state index contributed by atoms with van der Waals surface area (Å²) in [5, 5.41) is 17.0. The first kappa shape index (κ1) is 20.1. The number of carbonyl (C=O) groups excluding carboxylic acids is 2. The number of aromatic nitrogens is 4. The van der Waals surface area contributed by atoms with Crippen molar-refractivity contribution >= 4 is 11.9 Å². The topological polar surface area (TPSA) is 152 Å². The normalized spacial score (nSPS) is 9.00. The van der Waals surface area contributed by atoms with Crippen LogP contribution < -0.4 is 0 Å². The maximum absolute atomic E-state index is 11.1. The standard InChI is InChI=1S/2C8H7N3O2/c1-5-7(8(12)13-2)10-4-6(3-9)11-5;1-5-7(8(12)13-2)11-6(3-9)4-10-5/h2*4H,1-2H3. The molecule has 10 heteroatoms. The van der Waals surface area contributed by atoms with Gasteiger partial charge in [-0.2, -0.15) is 10.5 Å². The van der Waals surface area contributed by atoms with E-state index in [0.29, 0.717) is 11.4 Å². The number of aryl methyl sites for hydroxylation is 2. The summed E-state index contributed by atoms with van der Waals surface area (Å²) in [4.78, 5) is 37.3. The molecule has 0 N–H and O–H groups in total. The highest BCUT2D eigenvalue weighted by Gasteiger charge is 2.13. The van der Waals surface area contributed by atoms with Crippen molar-refractivity contribution in [1.29, 1.82) is 10.5 Å². The molecule has 0 aliphatic rings. The van der Waals surface area contributed by atoms with Crippen LogP contribution in [0.4, 0.5) is 0 Å². The van der Waals surface area contributed by atoms with Gasteiger partial charge in [0, 0.05) is 0 Å². The average Bonchev–Trinajstić information content (AvgIpc) is 2.67. The molecular formula is C16H14N6O4. The predicted molar refractivity (Wildman–Crippen MR) is 85.6 cm³/mol. The fourth-order valence-corrected chi connectivity index (χ4v) is 1.63. The lowest BCUT2D eigenvalue weighted by Crippen LogP contribution is -2.09. The molecule has 0 fully saturated rings. The fourth-order valence-electron chi connectivity index (χ4n) is 1.63. The van der Waals surface area contributed by atoms with E-state index >= 15 is 0 Å². The van der Waals surface area contributed by atoms with Crippen LogP contribution >= 0.6 is 0 Å². The van der Waals surface area contributed by atoms with Crippen molar-refractivity contribution in [2.75, 3.05) is 14.2 Å². The van der Waals surface area contributed by atoms with Crippen molar-refractivity contribution in [3.05, 3.63) is 46.6 Å². The number of ether oxygens (including phenoxy) is 2. The van der Waals surface area contributed by atoms with Crippen LogP contribution in [0.3, 0.4) is 0 Å².